The second-order valence-corrected chi connectivity index (χ2v) is 5.24. The lowest BCUT2D eigenvalue weighted by atomic mass is 9.87. The van der Waals surface area contributed by atoms with Crippen LogP contribution in [0.3, 0.4) is 0 Å². The Morgan fingerprint density at radius 1 is 1.07 bits per heavy atom. The van der Waals surface area contributed by atoms with Crippen LogP contribution >= 0.6 is 11.6 Å². The Kier molecular flexibility index (Phi) is 3.60. The van der Waals surface area contributed by atoms with Crippen LogP contribution in [-0.4, -0.2) is 5.88 Å². The zero-order chi connectivity index (χ0) is 10.8. The number of alkyl halides is 1. The Morgan fingerprint density at radius 2 is 1.57 bits per heavy atom. The van der Waals surface area contributed by atoms with Crippen molar-refractivity contribution in [1.29, 1.82) is 0 Å². The molecule has 78 valence electrons. The molecule has 0 radical (unpaired) electrons. The second kappa shape index (κ2) is 4.35. The van der Waals surface area contributed by atoms with Gasteiger partial charge in [0.15, 0.2) is 0 Å². The fourth-order valence-corrected chi connectivity index (χ4v) is 1.87. The number of rotatable bonds is 3. The highest BCUT2D eigenvalue weighted by molar-refractivity contribution is 6.18. The highest BCUT2D eigenvalue weighted by Crippen LogP contribution is 2.24. The second-order valence-electron chi connectivity index (χ2n) is 4.97. The first kappa shape index (κ1) is 11.6. The fourth-order valence-electron chi connectivity index (χ4n) is 1.77. The molecule has 0 saturated heterocycles. The van der Waals surface area contributed by atoms with Crippen molar-refractivity contribution >= 4 is 11.6 Å². The minimum atomic E-state index is 0.196. The highest BCUT2D eigenvalue weighted by atomic mass is 35.5. The summed E-state index contributed by atoms with van der Waals surface area (Å²) in [7, 11) is 0. The van der Waals surface area contributed by atoms with E-state index in [1.54, 1.807) is 0 Å². The van der Waals surface area contributed by atoms with Crippen molar-refractivity contribution in [3.63, 3.8) is 0 Å². The Bertz CT molecular complexity index is 293. The average molecular weight is 211 g/mol. The van der Waals surface area contributed by atoms with E-state index in [4.69, 9.17) is 11.6 Å². The molecule has 0 atom stereocenters. The predicted molar refractivity (Wildman–Crippen MR) is 64.1 cm³/mol. The first-order chi connectivity index (χ1) is 6.43. The SMILES string of the molecule is Cc1cc(C)cc(CC(C)(C)CCl)c1. The van der Waals surface area contributed by atoms with Crippen LogP contribution in [0.15, 0.2) is 18.2 Å². The van der Waals surface area contributed by atoms with Crippen LogP contribution in [0.25, 0.3) is 0 Å². The van der Waals surface area contributed by atoms with E-state index < -0.39 is 0 Å². The number of aryl methyl sites for hydroxylation is 2. The first-order valence-corrected chi connectivity index (χ1v) is 5.59. The van der Waals surface area contributed by atoms with Gasteiger partial charge in [-0.2, -0.15) is 0 Å². The molecule has 0 aliphatic rings. The van der Waals surface area contributed by atoms with Crippen LogP contribution in [0.5, 0.6) is 0 Å². The predicted octanol–water partition coefficient (Wildman–Crippen LogP) is 4.11. The topological polar surface area (TPSA) is 0 Å². The molecule has 0 N–H and O–H groups in total. The number of halogens is 1. The highest BCUT2D eigenvalue weighted by Gasteiger charge is 2.17. The molecule has 0 fully saturated rings. The Morgan fingerprint density at radius 3 is 2.00 bits per heavy atom. The molecule has 14 heavy (non-hydrogen) atoms. The summed E-state index contributed by atoms with van der Waals surface area (Å²) in [6, 6.07) is 6.71. The van der Waals surface area contributed by atoms with E-state index in [2.05, 4.69) is 45.9 Å². The van der Waals surface area contributed by atoms with Crippen molar-refractivity contribution in [2.24, 2.45) is 5.41 Å². The third kappa shape index (κ3) is 3.34. The summed E-state index contributed by atoms with van der Waals surface area (Å²) >= 11 is 5.92. The van der Waals surface area contributed by atoms with E-state index in [9.17, 15) is 0 Å². The third-order valence-electron chi connectivity index (χ3n) is 2.33. The zero-order valence-corrected chi connectivity index (χ0v) is 10.3. The number of hydrogen-bond acceptors (Lipinski definition) is 0. The number of hydrogen-bond donors (Lipinski definition) is 0. The molecule has 1 aromatic carbocycles. The van der Waals surface area contributed by atoms with Gasteiger partial charge < -0.3 is 0 Å². The molecule has 1 aromatic rings. The van der Waals surface area contributed by atoms with Crippen LogP contribution in [0.2, 0.25) is 0 Å². The monoisotopic (exact) mass is 210 g/mol. The Labute approximate surface area is 92.3 Å². The summed E-state index contributed by atoms with van der Waals surface area (Å²) in [5.74, 6) is 0.708. The smallest absolute Gasteiger partial charge is 0.0277 e. The van der Waals surface area contributed by atoms with Crippen LogP contribution in [0.4, 0.5) is 0 Å². The summed E-state index contributed by atoms with van der Waals surface area (Å²) in [5, 5.41) is 0. The molecule has 0 aromatic heterocycles. The lowest BCUT2D eigenvalue weighted by Gasteiger charge is -2.21. The van der Waals surface area contributed by atoms with Crippen molar-refractivity contribution in [2.75, 3.05) is 5.88 Å². The Balaban J connectivity index is 2.87. The van der Waals surface area contributed by atoms with Gasteiger partial charge in [0.2, 0.25) is 0 Å². The minimum Gasteiger partial charge on any atom is -0.126 e. The number of benzene rings is 1. The van der Waals surface area contributed by atoms with Gasteiger partial charge in [0.25, 0.3) is 0 Å². The molecule has 1 rings (SSSR count). The molecule has 0 heterocycles. The Hall–Kier alpha value is -0.490. The first-order valence-electron chi connectivity index (χ1n) is 5.06. The van der Waals surface area contributed by atoms with E-state index in [1.807, 2.05) is 0 Å². The van der Waals surface area contributed by atoms with E-state index in [0.717, 1.165) is 6.42 Å². The molecule has 0 nitrogen and oxygen atoms in total. The van der Waals surface area contributed by atoms with E-state index in [1.165, 1.54) is 16.7 Å². The van der Waals surface area contributed by atoms with Gasteiger partial charge in [0.05, 0.1) is 0 Å². The minimum absolute atomic E-state index is 0.196. The largest absolute Gasteiger partial charge is 0.126 e. The van der Waals surface area contributed by atoms with Crippen molar-refractivity contribution in [3.8, 4) is 0 Å². The lowest BCUT2D eigenvalue weighted by Crippen LogP contribution is -2.16. The quantitative estimate of drug-likeness (QED) is 0.659. The maximum absolute atomic E-state index is 5.92. The van der Waals surface area contributed by atoms with Gasteiger partial charge in [-0.1, -0.05) is 43.2 Å². The maximum Gasteiger partial charge on any atom is 0.0277 e. The normalized spacial score (nSPS) is 11.8. The van der Waals surface area contributed by atoms with Crippen LogP contribution in [-0.2, 0) is 6.42 Å². The van der Waals surface area contributed by atoms with Gasteiger partial charge in [0, 0.05) is 5.88 Å². The molecule has 0 amide bonds. The molecule has 0 saturated carbocycles. The van der Waals surface area contributed by atoms with Crippen molar-refractivity contribution in [2.45, 2.75) is 34.1 Å². The van der Waals surface area contributed by atoms with Gasteiger partial charge in [-0.15, -0.1) is 11.6 Å². The van der Waals surface area contributed by atoms with Crippen molar-refractivity contribution < 1.29 is 0 Å². The molecule has 0 bridgehead atoms. The van der Waals surface area contributed by atoms with E-state index in [-0.39, 0.29) is 5.41 Å². The third-order valence-corrected chi connectivity index (χ3v) is 3.05. The fraction of sp³-hybridized carbons (Fsp3) is 0.538. The standard InChI is InChI=1S/C13H19Cl/c1-10-5-11(2)7-12(6-10)8-13(3,4)9-14/h5-7H,8-9H2,1-4H3. The summed E-state index contributed by atoms with van der Waals surface area (Å²) in [5.41, 5.74) is 4.27. The van der Waals surface area contributed by atoms with Gasteiger partial charge in [-0.05, 0) is 31.2 Å². The maximum atomic E-state index is 5.92. The van der Waals surface area contributed by atoms with Crippen molar-refractivity contribution in [3.05, 3.63) is 34.9 Å². The summed E-state index contributed by atoms with van der Waals surface area (Å²) in [4.78, 5) is 0. The molecule has 1 heteroatoms. The summed E-state index contributed by atoms with van der Waals surface area (Å²) < 4.78 is 0. The molecule has 0 aliphatic heterocycles. The lowest BCUT2D eigenvalue weighted by molar-refractivity contribution is 0.418. The van der Waals surface area contributed by atoms with Gasteiger partial charge in [-0.3, -0.25) is 0 Å². The molecular weight excluding hydrogens is 192 g/mol. The van der Waals surface area contributed by atoms with Crippen molar-refractivity contribution in [1.82, 2.24) is 0 Å². The van der Waals surface area contributed by atoms with Gasteiger partial charge >= 0.3 is 0 Å². The molecule has 0 unspecified atom stereocenters. The van der Waals surface area contributed by atoms with Crippen LogP contribution in [0, 0.1) is 19.3 Å². The molecule has 0 aliphatic carbocycles. The van der Waals surface area contributed by atoms with E-state index in [0.29, 0.717) is 5.88 Å². The average Bonchev–Trinajstić information content (AvgIpc) is 2.01. The van der Waals surface area contributed by atoms with E-state index >= 15 is 0 Å². The van der Waals surface area contributed by atoms with Gasteiger partial charge in [-0.25, -0.2) is 0 Å². The molecule has 0 spiro atoms. The zero-order valence-electron chi connectivity index (χ0n) is 9.52. The van der Waals surface area contributed by atoms with Crippen LogP contribution < -0.4 is 0 Å². The summed E-state index contributed by atoms with van der Waals surface area (Å²) in [6.07, 6.45) is 1.05. The van der Waals surface area contributed by atoms with Crippen LogP contribution in [0.1, 0.15) is 30.5 Å². The van der Waals surface area contributed by atoms with Gasteiger partial charge in [0.1, 0.15) is 0 Å². The summed E-state index contributed by atoms with van der Waals surface area (Å²) in [6.45, 7) is 8.70. The molecular formula is C13H19Cl.